The van der Waals surface area contributed by atoms with E-state index in [1.165, 1.54) is 0 Å². The lowest BCUT2D eigenvalue weighted by molar-refractivity contribution is 0.426. The Morgan fingerprint density at radius 2 is 1.79 bits per heavy atom. The number of halogens is 2. The van der Waals surface area contributed by atoms with Crippen LogP contribution in [0.2, 0.25) is 0 Å². The molecule has 0 spiro atoms. The van der Waals surface area contributed by atoms with Crippen LogP contribution in [0.3, 0.4) is 0 Å². The monoisotopic (exact) mass is 291 g/mol. The molecular weight excluding hydrogens is 272 g/mol. The summed E-state index contributed by atoms with van der Waals surface area (Å²) in [6, 6.07) is 2.64. The molecule has 0 aliphatic carbocycles. The van der Waals surface area contributed by atoms with Crippen LogP contribution in [0.4, 0.5) is 8.78 Å². The number of benzene rings is 1. The fourth-order valence-corrected chi connectivity index (χ4v) is 2.83. The lowest BCUT2D eigenvalue weighted by atomic mass is 10.1. The van der Waals surface area contributed by atoms with E-state index in [2.05, 4.69) is 5.32 Å². The van der Waals surface area contributed by atoms with Gasteiger partial charge in [0.25, 0.3) is 0 Å². The van der Waals surface area contributed by atoms with Gasteiger partial charge in [-0.1, -0.05) is 0 Å². The topological polar surface area (TPSA) is 46.2 Å². The Morgan fingerprint density at radius 1 is 1.16 bits per heavy atom. The SMILES string of the molecule is CC(C)(C)NCCCS(=O)(=O)c1ccc(F)c(F)c1. The molecule has 0 radical (unpaired) electrons. The molecule has 3 nitrogen and oxygen atoms in total. The minimum absolute atomic E-state index is 0.0776. The first-order chi connectivity index (χ1) is 8.62. The van der Waals surface area contributed by atoms with Crippen LogP contribution in [0, 0.1) is 11.6 Å². The van der Waals surface area contributed by atoms with Gasteiger partial charge in [-0.25, -0.2) is 17.2 Å². The van der Waals surface area contributed by atoms with Crippen molar-refractivity contribution in [2.45, 2.75) is 37.6 Å². The van der Waals surface area contributed by atoms with E-state index >= 15 is 0 Å². The van der Waals surface area contributed by atoms with Crippen LogP contribution >= 0.6 is 0 Å². The van der Waals surface area contributed by atoms with E-state index in [4.69, 9.17) is 0 Å². The number of hydrogen-bond donors (Lipinski definition) is 1. The zero-order valence-corrected chi connectivity index (χ0v) is 12.2. The molecule has 0 bridgehead atoms. The van der Waals surface area contributed by atoms with E-state index < -0.39 is 21.5 Å². The van der Waals surface area contributed by atoms with Gasteiger partial charge >= 0.3 is 0 Å². The highest BCUT2D eigenvalue weighted by Gasteiger charge is 2.17. The van der Waals surface area contributed by atoms with Crippen LogP contribution in [0.15, 0.2) is 23.1 Å². The van der Waals surface area contributed by atoms with Crippen molar-refractivity contribution < 1.29 is 17.2 Å². The maximum absolute atomic E-state index is 13.0. The molecule has 0 aliphatic rings. The number of nitrogens with one attached hydrogen (secondary N) is 1. The Hall–Kier alpha value is -1.01. The van der Waals surface area contributed by atoms with Gasteiger partial charge in [-0.15, -0.1) is 0 Å². The summed E-state index contributed by atoms with van der Waals surface area (Å²) in [5, 5.41) is 3.17. The molecule has 19 heavy (non-hydrogen) atoms. The second kappa shape index (κ2) is 5.96. The Balaban J connectivity index is 2.63. The van der Waals surface area contributed by atoms with E-state index in [1.54, 1.807) is 0 Å². The maximum Gasteiger partial charge on any atom is 0.178 e. The molecule has 1 N–H and O–H groups in total. The fourth-order valence-electron chi connectivity index (χ4n) is 1.51. The zero-order valence-electron chi connectivity index (χ0n) is 11.3. The molecule has 1 aromatic carbocycles. The molecule has 0 atom stereocenters. The highest BCUT2D eigenvalue weighted by molar-refractivity contribution is 7.91. The Bertz CT molecular complexity index is 536. The van der Waals surface area contributed by atoms with Gasteiger partial charge in [-0.05, 0) is 51.9 Å². The minimum Gasteiger partial charge on any atom is -0.312 e. The van der Waals surface area contributed by atoms with E-state index in [-0.39, 0.29) is 16.2 Å². The molecule has 1 aromatic rings. The molecule has 0 unspecified atom stereocenters. The molecule has 0 saturated carbocycles. The molecule has 6 heteroatoms. The summed E-state index contributed by atoms with van der Waals surface area (Å²) >= 11 is 0. The van der Waals surface area contributed by atoms with Gasteiger partial charge in [0.15, 0.2) is 21.5 Å². The zero-order chi connectivity index (χ0) is 14.7. The molecule has 0 amide bonds. The van der Waals surface area contributed by atoms with Crippen LogP contribution in [0.1, 0.15) is 27.2 Å². The first-order valence-corrected chi connectivity index (χ1v) is 7.70. The molecule has 0 fully saturated rings. The minimum atomic E-state index is -3.56. The molecule has 0 aliphatic heterocycles. The van der Waals surface area contributed by atoms with Crippen LogP contribution in [-0.4, -0.2) is 26.3 Å². The van der Waals surface area contributed by atoms with Crippen molar-refractivity contribution in [2.24, 2.45) is 0 Å². The van der Waals surface area contributed by atoms with Crippen LogP contribution in [0.5, 0.6) is 0 Å². The largest absolute Gasteiger partial charge is 0.312 e. The predicted molar refractivity (Wildman–Crippen MR) is 70.8 cm³/mol. The summed E-state index contributed by atoms with van der Waals surface area (Å²) in [5.41, 5.74) is -0.0776. The Labute approximate surface area is 112 Å². The number of hydrogen-bond acceptors (Lipinski definition) is 3. The summed E-state index contributed by atoms with van der Waals surface area (Å²) in [5.74, 6) is -2.29. The number of rotatable bonds is 5. The third kappa shape index (κ3) is 5.24. The first kappa shape index (κ1) is 16.0. The average molecular weight is 291 g/mol. The average Bonchev–Trinajstić information content (AvgIpc) is 2.27. The van der Waals surface area contributed by atoms with Gasteiger partial charge < -0.3 is 5.32 Å². The molecule has 0 saturated heterocycles. The second-order valence-electron chi connectivity index (χ2n) is 5.43. The highest BCUT2D eigenvalue weighted by Crippen LogP contribution is 2.15. The summed E-state index contributed by atoms with van der Waals surface area (Å²) in [6.45, 7) is 6.50. The normalized spacial score (nSPS) is 12.7. The molecule has 0 heterocycles. The molecule has 108 valence electrons. The van der Waals surface area contributed by atoms with Crippen molar-refractivity contribution in [3.8, 4) is 0 Å². The smallest absolute Gasteiger partial charge is 0.178 e. The van der Waals surface area contributed by atoms with E-state index in [0.29, 0.717) is 13.0 Å². The fraction of sp³-hybridized carbons (Fsp3) is 0.538. The van der Waals surface area contributed by atoms with Gasteiger partial charge in [0.1, 0.15) is 0 Å². The van der Waals surface area contributed by atoms with E-state index in [0.717, 1.165) is 18.2 Å². The van der Waals surface area contributed by atoms with Gasteiger partial charge in [0.05, 0.1) is 10.6 Å². The highest BCUT2D eigenvalue weighted by atomic mass is 32.2. The van der Waals surface area contributed by atoms with Gasteiger partial charge in [0.2, 0.25) is 0 Å². The number of sulfone groups is 1. The van der Waals surface area contributed by atoms with Crippen molar-refractivity contribution in [3.05, 3.63) is 29.8 Å². The van der Waals surface area contributed by atoms with Gasteiger partial charge in [-0.2, -0.15) is 0 Å². The molecule has 0 aromatic heterocycles. The molecular formula is C13H19F2NO2S. The van der Waals surface area contributed by atoms with Crippen molar-refractivity contribution in [3.63, 3.8) is 0 Å². The Kier molecular flexibility index (Phi) is 5.04. The third-order valence-electron chi connectivity index (χ3n) is 2.50. The quantitative estimate of drug-likeness (QED) is 0.670. The summed E-state index contributed by atoms with van der Waals surface area (Å²) < 4.78 is 49.6. The first-order valence-electron chi connectivity index (χ1n) is 6.05. The summed E-state index contributed by atoms with van der Waals surface area (Å²) in [6.07, 6.45) is 0.415. The third-order valence-corrected chi connectivity index (χ3v) is 4.29. The van der Waals surface area contributed by atoms with Crippen LogP contribution in [0.25, 0.3) is 0 Å². The van der Waals surface area contributed by atoms with Gasteiger partial charge in [0, 0.05) is 5.54 Å². The van der Waals surface area contributed by atoms with Crippen molar-refractivity contribution >= 4 is 9.84 Å². The van der Waals surface area contributed by atoms with Gasteiger partial charge in [-0.3, -0.25) is 0 Å². The summed E-state index contributed by atoms with van der Waals surface area (Å²) in [4.78, 5) is -0.179. The lowest BCUT2D eigenvalue weighted by Gasteiger charge is -2.20. The predicted octanol–water partition coefficient (Wildman–Crippen LogP) is 2.52. The van der Waals surface area contributed by atoms with Crippen molar-refractivity contribution in [1.29, 1.82) is 0 Å². The van der Waals surface area contributed by atoms with Crippen LogP contribution in [-0.2, 0) is 9.84 Å². The molecule has 1 rings (SSSR count). The van der Waals surface area contributed by atoms with Crippen molar-refractivity contribution in [1.82, 2.24) is 5.32 Å². The standard InChI is InChI=1S/C13H19F2NO2S/c1-13(2,3)16-7-4-8-19(17,18)10-5-6-11(14)12(15)9-10/h5-6,9,16H,4,7-8H2,1-3H3. The maximum atomic E-state index is 13.0. The van der Waals surface area contributed by atoms with E-state index in [1.807, 2.05) is 20.8 Å². The lowest BCUT2D eigenvalue weighted by Crippen LogP contribution is -2.36. The Morgan fingerprint density at radius 3 is 2.32 bits per heavy atom. The van der Waals surface area contributed by atoms with Crippen LogP contribution < -0.4 is 5.32 Å². The summed E-state index contributed by atoms with van der Waals surface area (Å²) in [7, 11) is -3.56. The van der Waals surface area contributed by atoms with Crippen molar-refractivity contribution in [2.75, 3.05) is 12.3 Å². The second-order valence-corrected chi connectivity index (χ2v) is 7.53. The van der Waals surface area contributed by atoms with E-state index in [9.17, 15) is 17.2 Å².